The predicted octanol–water partition coefficient (Wildman–Crippen LogP) is 8.00. The van der Waals surface area contributed by atoms with Gasteiger partial charge in [-0.2, -0.15) is 13.2 Å². The van der Waals surface area contributed by atoms with Crippen molar-refractivity contribution >= 4 is 33.9 Å². The molecule has 0 radical (unpaired) electrons. The number of piperidine rings is 1. The maximum absolute atomic E-state index is 14.8. The number of benzene rings is 3. The van der Waals surface area contributed by atoms with Crippen LogP contribution < -0.4 is 35.5 Å². The highest BCUT2D eigenvalue weighted by Crippen LogP contribution is 2.34. The number of carbonyl (C=O) groups excluding carboxylic acids is 1. The van der Waals surface area contributed by atoms with Crippen molar-refractivity contribution < 1.29 is 45.8 Å². The van der Waals surface area contributed by atoms with E-state index in [0.29, 0.717) is 78.1 Å². The average Bonchev–Trinajstić information content (AvgIpc) is 3.84. The van der Waals surface area contributed by atoms with Gasteiger partial charge in [0, 0.05) is 60.3 Å². The zero-order valence-corrected chi connectivity index (χ0v) is 37.8. The Kier molecular flexibility index (Phi) is 16.1. The number of carbonyl (C=O) groups is 1. The van der Waals surface area contributed by atoms with Crippen LogP contribution in [0.1, 0.15) is 29.1 Å². The molecule has 0 spiro atoms. The van der Waals surface area contributed by atoms with Gasteiger partial charge >= 0.3 is 6.18 Å². The van der Waals surface area contributed by atoms with E-state index in [1.807, 2.05) is 50.1 Å². The van der Waals surface area contributed by atoms with Crippen LogP contribution in [0.25, 0.3) is 22.0 Å². The third kappa shape index (κ3) is 13.3. The number of fused-ring (bicyclic) bond motifs is 1. The molecule has 3 aromatic carbocycles. The summed E-state index contributed by atoms with van der Waals surface area (Å²) in [5.74, 6) is 7.86. The SMILES string of the molecule is COc1ncc(-c2c(C)noc2C)cc1NCc1cccc(OCC(=O)NCCOCCOc2ccc(NCC#Cc3cc4c(N[C@@H]5CCN(C)C[C@@H]5F)cccc4n3CC(F)(F)F)cc2)c1. The highest BCUT2D eigenvalue weighted by molar-refractivity contribution is 5.94. The predicted molar refractivity (Wildman–Crippen MR) is 249 cm³/mol. The van der Waals surface area contributed by atoms with Gasteiger partial charge in [0.25, 0.3) is 5.91 Å². The largest absolute Gasteiger partial charge is 0.491 e. The number of aryl methyl sites for hydroxylation is 2. The Morgan fingerprint density at radius 2 is 1.78 bits per heavy atom. The third-order valence-electron chi connectivity index (χ3n) is 11.0. The number of halogens is 4. The van der Waals surface area contributed by atoms with Crippen LogP contribution in [0, 0.1) is 25.7 Å². The Labute approximate surface area is 386 Å². The van der Waals surface area contributed by atoms with Crippen LogP contribution >= 0.6 is 0 Å². The summed E-state index contributed by atoms with van der Waals surface area (Å²) in [7, 11) is 3.42. The zero-order chi connectivity index (χ0) is 47.3. The molecule has 18 heteroatoms. The second-order valence-electron chi connectivity index (χ2n) is 16.0. The smallest absolute Gasteiger partial charge is 0.406 e. The maximum atomic E-state index is 14.8. The van der Waals surface area contributed by atoms with Crippen LogP contribution in [0.4, 0.5) is 34.6 Å². The molecule has 4 heterocycles. The molecule has 3 aromatic heterocycles. The minimum Gasteiger partial charge on any atom is -0.491 e. The van der Waals surface area contributed by atoms with Crippen LogP contribution in [-0.4, -0.2) is 111 Å². The van der Waals surface area contributed by atoms with Crippen molar-refractivity contribution in [3.63, 3.8) is 0 Å². The van der Waals surface area contributed by atoms with Gasteiger partial charge in [0.05, 0.1) is 55.5 Å². The number of likely N-dealkylation sites (tertiary alicyclic amines) is 1. The molecule has 1 amide bonds. The number of hydrogen-bond donors (Lipinski definition) is 4. The van der Waals surface area contributed by atoms with Crippen molar-refractivity contribution in [1.29, 1.82) is 0 Å². The molecule has 1 fully saturated rings. The van der Waals surface area contributed by atoms with E-state index in [-0.39, 0.29) is 38.0 Å². The first-order valence-corrected chi connectivity index (χ1v) is 21.8. The minimum absolute atomic E-state index is 0.163. The third-order valence-corrected chi connectivity index (χ3v) is 11.0. The van der Waals surface area contributed by atoms with E-state index in [1.165, 1.54) is 0 Å². The number of aromatic nitrogens is 3. The number of pyridine rings is 1. The first kappa shape index (κ1) is 48.0. The zero-order valence-electron chi connectivity index (χ0n) is 37.8. The molecule has 0 bridgehead atoms. The molecule has 2 atom stereocenters. The van der Waals surface area contributed by atoms with E-state index in [0.717, 1.165) is 39.2 Å². The van der Waals surface area contributed by atoms with Crippen molar-refractivity contribution in [2.45, 2.75) is 51.7 Å². The summed E-state index contributed by atoms with van der Waals surface area (Å²) in [6.07, 6.45) is -3.27. The minimum atomic E-state index is -4.47. The lowest BCUT2D eigenvalue weighted by Crippen LogP contribution is -2.46. The monoisotopic (exact) mass is 926 g/mol. The molecule has 0 unspecified atom stereocenters. The van der Waals surface area contributed by atoms with Crippen molar-refractivity contribution in [1.82, 2.24) is 24.9 Å². The maximum Gasteiger partial charge on any atom is 0.406 e. The molecule has 1 aliphatic heterocycles. The highest BCUT2D eigenvalue weighted by Gasteiger charge is 2.31. The first-order valence-electron chi connectivity index (χ1n) is 21.8. The lowest BCUT2D eigenvalue weighted by Gasteiger charge is -2.33. The lowest BCUT2D eigenvalue weighted by molar-refractivity contribution is -0.140. The van der Waals surface area contributed by atoms with Gasteiger partial charge in [-0.3, -0.25) is 4.79 Å². The average molecular weight is 927 g/mol. The fourth-order valence-corrected chi connectivity index (χ4v) is 7.73. The molecule has 14 nitrogen and oxygen atoms in total. The number of hydrogen-bond acceptors (Lipinski definition) is 12. The van der Waals surface area contributed by atoms with Crippen LogP contribution in [-0.2, 0) is 22.6 Å². The van der Waals surface area contributed by atoms with Crippen molar-refractivity contribution in [3.05, 3.63) is 108 Å². The molecule has 0 saturated carbocycles. The summed E-state index contributed by atoms with van der Waals surface area (Å²) in [4.78, 5) is 18.8. The molecule has 1 aliphatic rings. The molecule has 67 heavy (non-hydrogen) atoms. The van der Waals surface area contributed by atoms with E-state index in [1.54, 1.807) is 67.9 Å². The van der Waals surface area contributed by atoms with Crippen LogP contribution in [0.2, 0.25) is 0 Å². The number of anilines is 3. The Morgan fingerprint density at radius 1 is 0.955 bits per heavy atom. The lowest BCUT2D eigenvalue weighted by atomic mass is 10.0. The van der Waals surface area contributed by atoms with Crippen LogP contribution in [0.5, 0.6) is 17.4 Å². The molecule has 6 aromatic rings. The molecular weight excluding hydrogens is 873 g/mol. The van der Waals surface area contributed by atoms with Gasteiger partial charge in [0.15, 0.2) is 6.61 Å². The number of methoxy groups -OCH3 is 1. The number of rotatable bonds is 20. The fraction of sp³-hybridized carbons (Fsp3) is 0.367. The molecule has 0 aliphatic carbocycles. The second kappa shape index (κ2) is 22.5. The van der Waals surface area contributed by atoms with Gasteiger partial charge in [-0.25, -0.2) is 9.37 Å². The van der Waals surface area contributed by atoms with Gasteiger partial charge in [-0.15, -0.1) is 0 Å². The van der Waals surface area contributed by atoms with Crippen molar-refractivity contribution in [3.8, 4) is 40.3 Å². The quantitative estimate of drug-likeness (QED) is 0.0334. The molecular formula is C49H54F4N8O6. The van der Waals surface area contributed by atoms with E-state index < -0.39 is 24.9 Å². The van der Waals surface area contributed by atoms with Crippen LogP contribution in [0.3, 0.4) is 0 Å². The number of amides is 1. The number of ether oxygens (including phenoxy) is 4. The van der Waals surface area contributed by atoms with E-state index in [2.05, 4.69) is 43.2 Å². The fourth-order valence-electron chi connectivity index (χ4n) is 7.73. The highest BCUT2D eigenvalue weighted by atomic mass is 19.4. The number of nitrogens with zero attached hydrogens (tertiary/aromatic N) is 4. The summed E-state index contributed by atoms with van der Waals surface area (Å²) in [5.41, 5.74) is 6.04. The van der Waals surface area contributed by atoms with Crippen molar-refractivity contribution in [2.24, 2.45) is 0 Å². The summed E-state index contributed by atoms with van der Waals surface area (Å²) < 4.78 is 84.9. The van der Waals surface area contributed by atoms with E-state index >= 15 is 0 Å². The molecule has 1 saturated heterocycles. The van der Waals surface area contributed by atoms with E-state index in [4.69, 9.17) is 23.5 Å². The van der Waals surface area contributed by atoms with Gasteiger partial charge in [-0.05, 0) is 99.5 Å². The summed E-state index contributed by atoms with van der Waals surface area (Å²) in [6.45, 7) is 5.16. The van der Waals surface area contributed by atoms with Gasteiger partial charge in [-0.1, -0.05) is 29.3 Å². The Morgan fingerprint density at radius 3 is 2.54 bits per heavy atom. The second-order valence-corrected chi connectivity index (χ2v) is 16.0. The first-order chi connectivity index (χ1) is 32.3. The van der Waals surface area contributed by atoms with Gasteiger partial charge in [0.2, 0.25) is 5.88 Å². The summed E-state index contributed by atoms with van der Waals surface area (Å²) in [6, 6.07) is 22.8. The normalized spacial score (nSPS) is 15.1. The standard InChI is InChI=1S/C49H54F4N8O6/c1-32-47(33(2)67-59-32)35-25-44(48(63-4)57-28-35)56-27-34-8-5-10-39(24-34)66-30-46(62)55-19-21-64-22-23-65-38-15-13-36(14-16-38)54-18-7-9-37-26-40-42(58-43-17-20-60(3)29-41(43)50)11-6-12-45(40)61(37)31-49(51,52)53/h5-6,8,10-16,24-26,28,41,43,54,56,58H,17-23,27,29-31H2,1-4H3,(H,55,62)/t41-,43+/m0/s1. The molecule has 4 N–H and O–H groups in total. The van der Waals surface area contributed by atoms with E-state index in [9.17, 15) is 22.4 Å². The Hall–Kier alpha value is -6.97. The van der Waals surface area contributed by atoms with Crippen molar-refractivity contribution in [2.75, 3.05) is 82.7 Å². The van der Waals surface area contributed by atoms with Gasteiger partial charge < -0.3 is 54.2 Å². The number of alkyl halides is 4. The molecule has 7 rings (SSSR count). The number of nitrogens with one attached hydrogen (secondary N) is 4. The Bertz CT molecular complexity index is 2640. The summed E-state index contributed by atoms with van der Waals surface area (Å²) in [5, 5.41) is 17.2. The van der Waals surface area contributed by atoms with Gasteiger partial charge in [0.1, 0.15) is 36.6 Å². The summed E-state index contributed by atoms with van der Waals surface area (Å²) >= 11 is 0. The van der Waals surface area contributed by atoms with Crippen LogP contribution in [0.15, 0.2) is 89.6 Å². The molecule has 354 valence electrons. The Balaban J connectivity index is 0.793. The topological polar surface area (TPSA) is 149 Å².